The SMILES string of the molecule is Cc1cc(C=CC(=O)N2CCN(Cc3ccc(CCOc4ccc(Cl)c(Cl)c4)cc3)CC2)cc(Cl)c1Oc1ccc(OCc2ccccc2F)cn1.Cl. The van der Waals surface area contributed by atoms with Crippen LogP contribution in [0.3, 0.4) is 0 Å². The van der Waals surface area contributed by atoms with E-state index in [2.05, 4.69) is 34.1 Å². The van der Waals surface area contributed by atoms with Gasteiger partial charge in [0, 0.05) is 62.9 Å². The molecule has 1 aliphatic heterocycles. The summed E-state index contributed by atoms with van der Waals surface area (Å²) in [6, 6.07) is 27.3. The first-order chi connectivity index (χ1) is 25.2. The summed E-state index contributed by atoms with van der Waals surface area (Å²) in [5, 5.41) is 1.38. The number of aryl methyl sites for hydroxylation is 1. The van der Waals surface area contributed by atoms with Gasteiger partial charge in [-0.3, -0.25) is 9.69 Å². The maximum Gasteiger partial charge on any atom is 0.246 e. The van der Waals surface area contributed by atoms with E-state index in [0.717, 1.165) is 37.2 Å². The Morgan fingerprint density at radius 3 is 2.26 bits per heavy atom. The van der Waals surface area contributed by atoms with Gasteiger partial charge in [0.25, 0.3) is 0 Å². The fourth-order valence-electron chi connectivity index (χ4n) is 5.70. The molecule has 0 saturated carbocycles. The summed E-state index contributed by atoms with van der Waals surface area (Å²) < 4.78 is 31.3. The summed E-state index contributed by atoms with van der Waals surface area (Å²) in [5.74, 6) is 1.62. The molecule has 6 rings (SSSR count). The summed E-state index contributed by atoms with van der Waals surface area (Å²) in [7, 11) is 0. The quantitative estimate of drug-likeness (QED) is 0.111. The van der Waals surface area contributed by atoms with Crippen LogP contribution in [0.25, 0.3) is 6.08 Å². The molecule has 1 amide bonds. The van der Waals surface area contributed by atoms with Gasteiger partial charge in [-0.25, -0.2) is 9.37 Å². The predicted octanol–water partition coefficient (Wildman–Crippen LogP) is 10.3. The standard InChI is InChI=1S/C41H37Cl3FN3O4.ClH/c1-28-22-31(23-37(44)41(28)52-39-14-12-34(25-46-39)51-27-32-4-2-3-5-38(32)45)10-15-40(49)48-19-17-47(18-20-48)26-30-8-6-29(7-9-30)16-21-50-33-11-13-35(42)36(43)24-33;/h2-15,22-25H,16-21,26-27H2,1H3;1H. The summed E-state index contributed by atoms with van der Waals surface area (Å²) >= 11 is 18.6. The lowest BCUT2D eigenvalue weighted by molar-refractivity contribution is -0.127. The molecule has 4 aromatic carbocycles. The number of nitrogens with zero attached hydrogens (tertiary/aromatic N) is 3. The smallest absolute Gasteiger partial charge is 0.246 e. The maximum atomic E-state index is 13.9. The van der Waals surface area contributed by atoms with E-state index in [4.69, 9.17) is 49.0 Å². The number of rotatable bonds is 13. The first-order valence-electron chi connectivity index (χ1n) is 16.9. The number of carbonyl (C=O) groups is 1. The van der Waals surface area contributed by atoms with E-state index in [1.165, 1.54) is 23.4 Å². The number of hydrogen-bond acceptors (Lipinski definition) is 6. The number of aromatic nitrogens is 1. The number of carbonyl (C=O) groups excluding carboxylic acids is 1. The molecule has 12 heteroatoms. The zero-order valence-corrected chi connectivity index (χ0v) is 32.0. The highest BCUT2D eigenvalue weighted by Crippen LogP contribution is 2.34. The number of halogens is 5. The molecule has 2 heterocycles. The molecule has 0 aliphatic carbocycles. The van der Waals surface area contributed by atoms with Crippen LogP contribution in [0, 0.1) is 12.7 Å². The van der Waals surface area contributed by atoms with Gasteiger partial charge in [0.2, 0.25) is 11.8 Å². The van der Waals surface area contributed by atoms with Gasteiger partial charge >= 0.3 is 0 Å². The topological polar surface area (TPSA) is 64.1 Å². The van der Waals surface area contributed by atoms with Crippen molar-refractivity contribution in [3.63, 3.8) is 0 Å². The second-order valence-electron chi connectivity index (χ2n) is 12.4. The van der Waals surface area contributed by atoms with Crippen LogP contribution in [0.2, 0.25) is 15.1 Å². The summed E-state index contributed by atoms with van der Waals surface area (Å²) in [5.41, 5.74) is 4.46. The number of piperazine rings is 1. The highest BCUT2D eigenvalue weighted by atomic mass is 35.5. The Morgan fingerprint density at radius 2 is 1.57 bits per heavy atom. The molecule has 0 bridgehead atoms. The van der Waals surface area contributed by atoms with E-state index >= 15 is 0 Å². The lowest BCUT2D eigenvalue weighted by atomic mass is 10.1. The molecule has 0 N–H and O–H groups in total. The zero-order chi connectivity index (χ0) is 36.5. The van der Waals surface area contributed by atoms with Gasteiger partial charge in [-0.1, -0.05) is 77.3 Å². The van der Waals surface area contributed by atoms with E-state index in [9.17, 15) is 9.18 Å². The predicted molar refractivity (Wildman–Crippen MR) is 211 cm³/mol. The zero-order valence-electron chi connectivity index (χ0n) is 28.9. The molecule has 7 nitrogen and oxygen atoms in total. The molecule has 1 aromatic heterocycles. The van der Waals surface area contributed by atoms with E-state index in [1.54, 1.807) is 60.7 Å². The first kappa shape index (κ1) is 39.9. The molecule has 5 aromatic rings. The Kier molecular flexibility index (Phi) is 14.4. The molecule has 0 radical (unpaired) electrons. The Bertz CT molecular complexity index is 2000. The van der Waals surface area contributed by atoms with Gasteiger partial charge in [0.15, 0.2) is 5.75 Å². The van der Waals surface area contributed by atoms with Crippen LogP contribution in [-0.4, -0.2) is 53.5 Å². The Balaban J connectivity index is 0.00000541. The molecule has 53 heavy (non-hydrogen) atoms. The molecule has 0 atom stereocenters. The molecular weight excluding hydrogens is 759 g/mol. The average molecular weight is 798 g/mol. The molecule has 276 valence electrons. The Hall–Kier alpha value is -4.31. The first-order valence-corrected chi connectivity index (χ1v) is 18.0. The highest BCUT2D eigenvalue weighted by Gasteiger charge is 2.20. The molecular formula is C41H38Cl4FN3O4. The van der Waals surface area contributed by atoms with Crippen LogP contribution in [0.1, 0.15) is 27.8 Å². The van der Waals surface area contributed by atoms with Crippen molar-refractivity contribution in [2.24, 2.45) is 0 Å². The fourth-order valence-corrected chi connectivity index (χ4v) is 6.30. The molecule has 0 unspecified atom stereocenters. The lowest BCUT2D eigenvalue weighted by Crippen LogP contribution is -2.47. The van der Waals surface area contributed by atoms with E-state index in [-0.39, 0.29) is 30.7 Å². The molecule has 1 fully saturated rings. The molecule has 0 spiro atoms. The van der Waals surface area contributed by atoms with Gasteiger partial charge < -0.3 is 19.1 Å². The second-order valence-corrected chi connectivity index (χ2v) is 13.6. The van der Waals surface area contributed by atoms with Crippen molar-refractivity contribution in [2.75, 3.05) is 32.8 Å². The number of benzene rings is 4. The van der Waals surface area contributed by atoms with Gasteiger partial charge in [-0.2, -0.15) is 0 Å². The number of hydrogen-bond donors (Lipinski definition) is 0. The van der Waals surface area contributed by atoms with Crippen molar-refractivity contribution in [1.29, 1.82) is 0 Å². The Morgan fingerprint density at radius 1 is 0.830 bits per heavy atom. The average Bonchev–Trinajstić information content (AvgIpc) is 3.15. The van der Waals surface area contributed by atoms with E-state index < -0.39 is 0 Å². The van der Waals surface area contributed by atoms with Crippen molar-refractivity contribution in [2.45, 2.75) is 26.5 Å². The maximum absolute atomic E-state index is 13.9. The normalized spacial score (nSPS) is 13.1. The minimum Gasteiger partial charge on any atom is -0.493 e. The van der Waals surface area contributed by atoms with Crippen molar-refractivity contribution < 1.29 is 23.4 Å². The monoisotopic (exact) mass is 795 g/mol. The van der Waals surface area contributed by atoms with Gasteiger partial charge in [0.05, 0.1) is 27.9 Å². The second kappa shape index (κ2) is 19.1. The number of ether oxygens (including phenoxy) is 3. The van der Waals surface area contributed by atoms with Crippen LogP contribution in [-0.2, 0) is 24.4 Å². The minimum atomic E-state index is -0.321. The van der Waals surface area contributed by atoms with Crippen LogP contribution in [0.5, 0.6) is 23.1 Å². The summed E-state index contributed by atoms with van der Waals surface area (Å²) in [4.78, 5) is 21.6. The molecule has 1 saturated heterocycles. The van der Waals surface area contributed by atoms with Crippen LogP contribution >= 0.6 is 47.2 Å². The fraction of sp³-hybridized carbons (Fsp3) is 0.220. The van der Waals surface area contributed by atoms with Crippen LogP contribution in [0.4, 0.5) is 4.39 Å². The van der Waals surface area contributed by atoms with E-state index in [0.29, 0.717) is 63.5 Å². The third-order valence-corrected chi connectivity index (χ3v) is 9.62. The van der Waals surface area contributed by atoms with E-state index in [1.807, 2.05) is 24.0 Å². The Labute approximate surface area is 330 Å². The summed E-state index contributed by atoms with van der Waals surface area (Å²) in [6.45, 7) is 6.23. The van der Waals surface area contributed by atoms with Crippen LogP contribution < -0.4 is 14.2 Å². The van der Waals surface area contributed by atoms with Crippen molar-refractivity contribution in [1.82, 2.24) is 14.8 Å². The third kappa shape index (κ3) is 11.3. The highest BCUT2D eigenvalue weighted by molar-refractivity contribution is 6.42. The third-order valence-electron chi connectivity index (χ3n) is 8.60. The number of amides is 1. The minimum absolute atomic E-state index is 0. The van der Waals surface area contributed by atoms with Crippen molar-refractivity contribution in [3.05, 3.63) is 152 Å². The van der Waals surface area contributed by atoms with Gasteiger partial charge in [0.1, 0.15) is 23.9 Å². The van der Waals surface area contributed by atoms with Crippen molar-refractivity contribution in [3.8, 4) is 23.1 Å². The lowest BCUT2D eigenvalue weighted by Gasteiger charge is -2.34. The molecule has 1 aliphatic rings. The number of pyridine rings is 1. The van der Waals surface area contributed by atoms with Gasteiger partial charge in [-0.05, 0) is 71.7 Å². The van der Waals surface area contributed by atoms with Crippen LogP contribution in [0.15, 0.2) is 103 Å². The van der Waals surface area contributed by atoms with Crippen molar-refractivity contribution >= 4 is 59.2 Å². The largest absolute Gasteiger partial charge is 0.493 e. The van der Waals surface area contributed by atoms with Gasteiger partial charge in [-0.15, -0.1) is 12.4 Å². The summed E-state index contributed by atoms with van der Waals surface area (Å²) in [6.07, 6.45) is 5.66.